The zero-order valence-electron chi connectivity index (χ0n) is 11.0. The third-order valence-corrected chi connectivity index (χ3v) is 2.60. The lowest BCUT2D eigenvalue weighted by Crippen LogP contribution is -2.32. The Morgan fingerprint density at radius 1 is 1.37 bits per heavy atom. The quantitative estimate of drug-likeness (QED) is 0.621. The van der Waals surface area contributed by atoms with Gasteiger partial charge < -0.3 is 11.1 Å². The van der Waals surface area contributed by atoms with Crippen LogP contribution in [0.4, 0.5) is 0 Å². The number of nitrogens with one attached hydrogen (secondary N) is 1. The molecule has 0 bridgehead atoms. The second-order valence-corrected chi connectivity index (χ2v) is 4.08. The van der Waals surface area contributed by atoms with E-state index in [-0.39, 0.29) is 0 Å². The molecule has 100 valence electrons. The molecular weight excluding hydrogens is 240 g/mol. The fourth-order valence-corrected chi connectivity index (χ4v) is 1.64. The zero-order valence-corrected chi connectivity index (χ0v) is 11.0. The van der Waals surface area contributed by atoms with E-state index in [9.17, 15) is 0 Å². The number of nitrogens with zero attached hydrogens (tertiary/aromatic N) is 4. The highest BCUT2D eigenvalue weighted by Crippen LogP contribution is 2.09. The number of aliphatic imine (C=N–C) groups is 1. The normalized spacial score (nSPS) is 11.5. The van der Waals surface area contributed by atoms with Crippen molar-refractivity contribution in [2.75, 3.05) is 6.54 Å². The van der Waals surface area contributed by atoms with E-state index in [2.05, 4.69) is 27.4 Å². The summed E-state index contributed by atoms with van der Waals surface area (Å²) in [4.78, 5) is 4.25. The van der Waals surface area contributed by atoms with Gasteiger partial charge in [0, 0.05) is 12.2 Å². The van der Waals surface area contributed by atoms with Crippen molar-refractivity contribution in [1.82, 2.24) is 20.1 Å². The molecule has 0 saturated heterocycles. The van der Waals surface area contributed by atoms with Crippen LogP contribution in [0.5, 0.6) is 0 Å². The number of aromatic nitrogens is 3. The molecule has 2 aromatic rings. The molecule has 1 aromatic carbocycles. The first-order valence-corrected chi connectivity index (χ1v) is 6.29. The predicted molar refractivity (Wildman–Crippen MR) is 75.0 cm³/mol. The van der Waals surface area contributed by atoms with Gasteiger partial charge in [-0.25, -0.2) is 4.99 Å². The largest absolute Gasteiger partial charge is 0.370 e. The van der Waals surface area contributed by atoms with Crippen LogP contribution in [-0.2, 0) is 6.54 Å². The highest BCUT2D eigenvalue weighted by molar-refractivity contribution is 5.77. The molecule has 0 spiro atoms. The van der Waals surface area contributed by atoms with E-state index >= 15 is 0 Å². The van der Waals surface area contributed by atoms with Crippen LogP contribution >= 0.6 is 0 Å². The Balaban J connectivity index is 2.09. The lowest BCUT2D eigenvalue weighted by molar-refractivity contribution is 0.809. The van der Waals surface area contributed by atoms with E-state index < -0.39 is 0 Å². The monoisotopic (exact) mass is 258 g/mol. The topological polar surface area (TPSA) is 81.1 Å². The molecular formula is C13H18N6. The fourth-order valence-electron chi connectivity index (χ4n) is 1.64. The lowest BCUT2D eigenvalue weighted by atomic mass is 10.3. The average molecular weight is 258 g/mol. The molecule has 0 saturated carbocycles. The van der Waals surface area contributed by atoms with Crippen LogP contribution in [0, 0.1) is 0 Å². The molecule has 0 aliphatic rings. The highest BCUT2D eigenvalue weighted by atomic mass is 15.3. The molecule has 0 aliphatic heterocycles. The van der Waals surface area contributed by atoms with Gasteiger partial charge in [0.25, 0.3) is 0 Å². The van der Waals surface area contributed by atoms with Gasteiger partial charge in [0.05, 0.1) is 0 Å². The van der Waals surface area contributed by atoms with E-state index in [1.807, 2.05) is 34.9 Å². The number of para-hydroxylation sites is 1. The Morgan fingerprint density at radius 2 is 2.16 bits per heavy atom. The molecule has 0 fully saturated rings. The van der Waals surface area contributed by atoms with Gasteiger partial charge in [0.2, 0.25) is 0 Å². The molecule has 0 aliphatic carbocycles. The van der Waals surface area contributed by atoms with Crippen LogP contribution < -0.4 is 11.1 Å². The summed E-state index contributed by atoms with van der Waals surface area (Å²) in [6.07, 6.45) is 2.69. The van der Waals surface area contributed by atoms with Gasteiger partial charge in [-0.3, -0.25) is 4.57 Å². The number of hydrogen-bond donors (Lipinski definition) is 2. The minimum Gasteiger partial charge on any atom is -0.370 e. The summed E-state index contributed by atoms with van der Waals surface area (Å²) in [6.45, 7) is 3.30. The number of benzene rings is 1. The first-order chi connectivity index (χ1) is 9.31. The maximum absolute atomic E-state index is 5.75. The van der Waals surface area contributed by atoms with Crippen molar-refractivity contribution in [3.63, 3.8) is 0 Å². The molecule has 0 amide bonds. The summed E-state index contributed by atoms with van der Waals surface area (Å²) >= 11 is 0. The third kappa shape index (κ3) is 3.54. The summed E-state index contributed by atoms with van der Waals surface area (Å²) in [5.74, 6) is 1.19. The van der Waals surface area contributed by atoms with Crippen molar-refractivity contribution >= 4 is 5.96 Å². The maximum atomic E-state index is 5.75. The van der Waals surface area contributed by atoms with Gasteiger partial charge in [0.1, 0.15) is 12.9 Å². The van der Waals surface area contributed by atoms with Gasteiger partial charge in [-0.2, -0.15) is 0 Å². The fraction of sp³-hybridized carbons (Fsp3) is 0.308. The summed E-state index contributed by atoms with van der Waals surface area (Å²) in [7, 11) is 0. The minimum atomic E-state index is 0.400. The molecule has 1 aromatic heterocycles. The van der Waals surface area contributed by atoms with Gasteiger partial charge in [-0.15, -0.1) is 10.2 Å². The van der Waals surface area contributed by atoms with Crippen LogP contribution in [0.1, 0.15) is 19.2 Å². The smallest absolute Gasteiger partial charge is 0.189 e. The molecule has 3 N–H and O–H groups in total. The van der Waals surface area contributed by atoms with Gasteiger partial charge in [0.15, 0.2) is 11.8 Å². The molecule has 0 radical (unpaired) electrons. The van der Waals surface area contributed by atoms with Crippen molar-refractivity contribution in [3.8, 4) is 5.69 Å². The second-order valence-electron chi connectivity index (χ2n) is 4.08. The van der Waals surface area contributed by atoms with Crippen LogP contribution in [0.3, 0.4) is 0 Å². The molecule has 6 heteroatoms. The zero-order chi connectivity index (χ0) is 13.5. The average Bonchev–Trinajstić information content (AvgIpc) is 2.92. The SMILES string of the molecule is CCCNC(N)=NCc1nncn1-c1ccccc1. The summed E-state index contributed by atoms with van der Waals surface area (Å²) < 4.78 is 1.90. The Kier molecular flexibility index (Phi) is 4.49. The van der Waals surface area contributed by atoms with E-state index in [1.54, 1.807) is 6.33 Å². The minimum absolute atomic E-state index is 0.400. The molecule has 0 atom stereocenters. The van der Waals surface area contributed by atoms with E-state index in [4.69, 9.17) is 5.73 Å². The molecule has 19 heavy (non-hydrogen) atoms. The third-order valence-electron chi connectivity index (χ3n) is 2.60. The number of guanidine groups is 1. The first-order valence-electron chi connectivity index (χ1n) is 6.29. The Hall–Kier alpha value is -2.37. The van der Waals surface area contributed by atoms with Crippen molar-refractivity contribution in [2.24, 2.45) is 10.7 Å². The van der Waals surface area contributed by atoms with Crippen LogP contribution in [-0.4, -0.2) is 27.3 Å². The van der Waals surface area contributed by atoms with Crippen LogP contribution in [0.15, 0.2) is 41.7 Å². The van der Waals surface area contributed by atoms with Crippen molar-refractivity contribution in [2.45, 2.75) is 19.9 Å². The van der Waals surface area contributed by atoms with Crippen molar-refractivity contribution in [3.05, 3.63) is 42.5 Å². The number of nitrogens with two attached hydrogens (primary N) is 1. The van der Waals surface area contributed by atoms with Gasteiger partial charge >= 0.3 is 0 Å². The number of hydrogen-bond acceptors (Lipinski definition) is 3. The highest BCUT2D eigenvalue weighted by Gasteiger charge is 2.05. The van der Waals surface area contributed by atoms with Crippen molar-refractivity contribution < 1.29 is 0 Å². The summed E-state index contributed by atoms with van der Waals surface area (Å²) in [6, 6.07) is 9.90. The molecule has 1 heterocycles. The number of rotatable bonds is 5. The van der Waals surface area contributed by atoms with E-state index in [0.29, 0.717) is 12.5 Å². The van der Waals surface area contributed by atoms with Crippen molar-refractivity contribution in [1.29, 1.82) is 0 Å². The maximum Gasteiger partial charge on any atom is 0.189 e. The van der Waals surface area contributed by atoms with Gasteiger partial charge in [-0.1, -0.05) is 25.1 Å². The lowest BCUT2D eigenvalue weighted by Gasteiger charge is -2.05. The standard InChI is InChI=1S/C13H18N6/c1-2-8-15-13(14)16-9-12-18-17-10-19(12)11-6-4-3-5-7-11/h3-7,10H,2,8-9H2,1H3,(H3,14,15,16). The predicted octanol–water partition coefficient (Wildman–Crippen LogP) is 1.08. The van der Waals surface area contributed by atoms with Gasteiger partial charge in [-0.05, 0) is 18.6 Å². The van der Waals surface area contributed by atoms with Crippen LogP contribution in [0.2, 0.25) is 0 Å². The van der Waals surface area contributed by atoms with Crippen LogP contribution in [0.25, 0.3) is 5.69 Å². The summed E-state index contributed by atoms with van der Waals surface area (Å²) in [5.41, 5.74) is 6.76. The second kappa shape index (κ2) is 6.53. The van der Waals surface area contributed by atoms with E-state index in [1.165, 1.54) is 0 Å². The van der Waals surface area contributed by atoms with E-state index in [0.717, 1.165) is 24.5 Å². The molecule has 6 nitrogen and oxygen atoms in total. The first kappa shape index (κ1) is 13.1. The Labute approximate surface area is 112 Å². The molecule has 2 rings (SSSR count). The Bertz CT molecular complexity index is 531. The summed E-state index contributed by atoms with van der Waals surface area (Å²) in [5, 5.41) is 11.0. The molecule has 0 unspecified atom stereocenters. The Morgan fingerprint density at radius 3 is 2.89 bits per heavy atom.